The standard InChI is InChI=1S/C27H29FN4O5/c1-17-2-3-21(30-26(33)18-12-19(28)14-22(13-18)32-6-10-36-11-7-32)15-23(17)24-16-25(37-31-24)27(34)29-20-4-8-35-9-5-20/h2-3,12-16,20H,4-11H2,1H3,(H,29,34)(H,30,33). The Morgan fingerprint density at radius 2 is 1.73 bits per heavy atom. The Morgan fingerprint density at radius 3 is 2.51 bits per heavy atom. The zero-order valence-electron chi connectivity index (χ0n) is 20.6. The minimum absolute atomic E-state index is 0.0432. The number of morpholine rings is 1. The highest BCUT2D eigenvalue weighted by atomic mass is 19.1. The number of rotatable bonds is 6. The Bertz CT molecular complexity index is 1280. The fourth-order valence-electron chi connectivity index (χ4n) is 4.50. The van der Waals surface area contributed by atoms with Crippen LogP contribution in [-0.4, -0.2) is 62.5 Å². The molecule has 0 unspecified atom stereocenters. The first-order valence-corrected chi connectivity index (χ1v) is 12.4. The van der Waals surface area contributed by atoms with Crippen molar-refractivity contribution < 1.29 is 28.0 Å². The van der Waals surface area contributed by atoms with Crippen LogP contribution in [0.1, 0.15) is 39.3 Å². The average molecular weight is 509 g/mol. The van der Waals surface area contributed by atoms with Gasteiger partial charge in [-0.25, -0.2) is 4.39 Å². The van der Waals surface area contributed by atoms with Gasteiger partial charge in [-0.3, -0.25) is 9.59 Å². The first-order valence-electron chi connectivity index (χ1n) is 12.4. The number of aryl methyl sites for hydroxylation is 1. The van der Waals surface area contributed by atoms with Crippen LogP contribution in [0.3, 0.4) is 0 Å². The fourth-order valence-corrected chi connectivity index (χ4v) is 4.50. The minimum atomic E-state index is -0.479. The van der Waals surface area contributed by atoms with Crippen LogP contribution in [0.25, 0.3) is 11.3 Å². The SMILES string of the molecule is Cc1ccc(NC(=O)c2cc(F)cc(N3CCOCC3)c2)cc1-c1cc(C(=O)NC2CCOCC2)on1. The average Bonchev–Trinajstić information content (AvgIpc) is 3.41. The zero-order valence-corrected chi connectivity index (χ0v) is 20.6. The van der Waals surface area contributed by atoms with Crippen molar-refractivity contribution in [3.8, 4) is 11.3 Å². The third-order valence-electron chi connectivity index (χ3n) is 6.58. The Hall–Kier alpha value is -3.76. The van der Waals surface area contributed by atoms with Crippen LogP contribution < -0.4 is 15.5 Å². The maximum atomic E-state index is 14.3. The number of nitrogens with one attached hydrogen (secondary N) is 2. The van der Waals surface area contributed by atoms with E-state index in [0.717, 1.165) is 18.4 Å². The number of carbonyl (C=O) groups excluding carboxylic acids is 2. The van der Waals surface area contributed by atoms with Gasteiger partial charge in [-0.15, -0.1) is 0 Å². The number of carbonyl (C=O) groups is 2. The predicted octanol–water partition coefficient (Wildman–Crippen LogP) is 3.79. The Balaban J connectivity index is 1.30. The molecule has 0 atom stereocenters. The highest BCUT2D eigenvalue weighted by Gasteiger charge is 2.21. The molecule has 37 heavy (non-hydrogen) atoms. The molecule has 0 bridgehead atoms. The van der Waals surface area contributed by atoms with Crippen molar-refractivity contribution in [2.45, 2.75) is 25.8 Å². The van der Waals surface area contributed by atoms with E-state index in [4.69, 9.17) is 14.0 Å². The molecule has 194 valence electrons. The molecular formula is C27H29FN4O5. The molecule has 3 heterocycles. The summed E-state index contributed by atoms with van der Waals surface area (Å²) in [6.45, 7) is 5.54. The van der Waals surface area contributed by atoms with Crippen molar-refractivity contribution in [2.24, 2.45) is 0 Å². The first kappa shape index (κ1) is 24.9. The lowest BCUT2D eigenvalue weighted by Gasteiger charge is -2.29. The summed E-state index contributed by atoms with van der Waals surface area (Å²) < 4.78 is 30.3. The van der Waals surface area contributed by atoms with Crippen molar-refractivity contribution in [3.05, 3.63) is 65.2 Å². The normalized spacial score (nSPS) is 16.4. The summed E-state index contributed by atoms with van der Waals surface area (Å²) in [5.74, 6) is -1.12. The second-order valence-corrected chi connectivity index (χ2v) is 9.22. The third kappa shape index (κ3) is 5.98. The smallest absolute Gasteiger partial charge is 0.290 e. The van der Waals surface area contributed by atoms with E-state index in [2.05, 4.69) is 15.8 Å². The van der Waals surface area contributed by atoms with Gasteiger partial charge >= 0.3 is 0 Å². The highest BCUT2D eigenvalue weighted by molar-refractivity contribution is 6.05. The van der Waals surface area contributed by atoms with Gasteiger partial charge in [0.15, 0.2) is 0 Å². The van der Waals surface area contributed by atoms with Crippen molar-refractivity contribution in [2.75, 3.05) is 49.7 Å². The van der Waals surface area contributed by atoms with Crippen LogP contribution in [-0.2, 0) is 9.47 Å². The molecule has 1 aromatic heterocycles. The van der Waals surface area contributed by atoms with E-state index in [1.54, 1.807) is 24.3 Å². The molecule has 2 fully saturated rings. The number of aromatic nitrogens is 1. The lowest BCUT2D eigenvalue weighted by atomic mass is 10.0. The van der Waals surface area contributed by atoms with Gasteiger partial charge in [0.1, 0.15) is 11.5 Å². The lowest BCUT2D eigenvalue weighted by molar-refractivity contribution is 0.0679. The fraction of sp³-hybridized carbons (Fsp3) is 0.370. The van der Waals surface area contributed by atoms with Crippen molar-refractivity contribution in [3.63, 3.8) is 0 Å². The maximum absolute atomic E-state index is 14.3. The summed E-state index contributed by atoms with van der Waals surface area (Å²) in [5, 5.41) is 9.87. The van der Waals surface area contributed by atoms with Crippen LogP contribution in [0, 0.1) is 12.7 Å². The van der Waals surface area contributed by atoms with Crippen LogP contribution in [0.15, 0.2) is 47.0 Å². The summed E-state index contributed by atoms with van der Waals surface area (Å²) in [4.78, 5) is 27.6. The molecule has 2 aliphatic rings. The monoisotopic (exact) mass is 508 g/mol. The summed E-state index contributed by atoms with van der Waals surface area (Å²) in [5.41, 5.74) is 3.46. The molecular weight excluding hydrogens is 479 g/mol. The third-order valence-corrected chi connectivity index (χ3v) is 6.58. The van der Waals surface area contributed by atoms with Crippen LogP contribution in [0.4, 0.5) is 15.8 Å². The van der Waals surface area contributed by atoms with Gasteiger partial charge in [-0.1, -0.05) is 11.2 Å². The number of nitrogens with zero attached hydrogens (tertiary/aromatic N) is 2. The molecule has 2 aromatic carbocycles. The van der Waals surface area contributed by atoms with Crippen molar-refractivity contribution >= 4 is 23.2 Å². The van der Waals surface area contributed by atoms with E-state index >= 15 is 0 Å². The van der Waals surface area contributed by atoms with Gasteiger partial charge in [0.05, 0.1) is 13.2 Å². The molecule has 0 saturated carbocycles. The largest absolute Gasteiger partial charge is 0.381 e. The first-order chi connectivity index (χ1) is 18.0. The molecule has 3 aromatic rings. The predicted molar refractivity (Wildman–Crippen MR) is 135 cm³/mol. The van der Waals surface area contributed by atoms with Crippen molar-refractivity contribution in [1.82, 2.24) is 10.5 Å². The molecule has 2 N–H and O–H groups in total. The summed E-state index contributed by atoms with van der Waals surface area (Å²) in [6, 6.07) is 11.3. The van der Waals surface area contributed by atoms with E-state index < -0.39 is 11.7 Å². The van der Waals surface area contributed by atoms with Gasteiger partial charge in [0.2, 0.25) is 5.76 Å². The molecule has 10 heteroatoms. The molecule has 5 rings (SSSR count). The number of amides is 2. The lowest BCUT2D eigenvalue weighted by Crippen LogP contribution is -2.38. The molecule has 2 amide bonds. The van der Waals surface area contributed by atoms with Gasteiger partial charge in [-0.05, 0) is 55.7 Å². The Kier molecular flexibility index (Phi) is 7.47. The number of halogens is 1. The Labute approximate surface area is 213 Å². The number of hydrogen-bond donors (Lipinski definition) is 2. The van der Waals surface area contributed by atoms with Crippen molar-refractivity contribution in [1.29, 1.82) is 0 Å². The Morgan fingerprint density at radius 1 is 0.973 bits per heavy atom. The molecule has 0 radical (unpaired) electrons. The zero-order chi connectivity index (χ0) is 25.8. The summed E-state index contributed by atoms with van der Waals surface area (Å²) in [6.07, 6.45) is 1.51. The van der Waals surface area contributed by atoms with Crippen LogP contribution >= 0.6 is 0 Å². The van der Waals surface area contributed by atoms with E-state index in [1.807, 2.05) is 17.9 Å². The molecule has 0 spiro atoms. The summed E-state index contributed by atoms with van der Waals surface area (Å²) >= 11 is 0. The molecule has 9 nitrogen and oxygen atoms in total. The second-order valence-electron chi connectivity index (χ2n) is 9.22. The van der Waals surface area contributed by atoms with Gasteiger partial charge in [0, 0.05) is 60.9 Å². The number of benzene rings is 2. The topological polar surface area (TPSA) is 106 Å². The van der Waals surface area contributed by atoms with E-state index in [1.165, 1.54) is 12.1 Å². The molecule has 0 aliphatic carbocycles. The van der Waals surface area contributed by atoms with Gasteiger partial charge in [0.25, 0.3) is 11.8 Å². The quantitative estimate of drug-likeness (QED) is 0.522. The number of anilines is 2. The minimum Gasteiger partial charge on any atom is -0.381 e. The second kappa shape index (κ2) is 11.1. The number of ether oxygens (including phenoxy) is 2. The van der Waals surface area contributed by atoms with Crippen LogP contribution in [0.5, 0.6) is 0 Å². The van der Waals surface area contributed by atoms with Crippen LogP contribution in [0.2, 0.25) is 0 Å². The maximum Gasteiger partial charge on any atom is 0.290 e. The van der Waals surface area contributed by atoms with Gasteiger partial charge < -0.3 is 29.5 Å². The highest BCUT2D eigenvalue weighted by Crippen LogP contribution is 2.27. The van der Waals surface area contributed by atoms with E-state index in [9.17, 15) is 14.0 Å². The summed E-state index contributed by atoms with van der Waals surface area (Å²) in [7, 11) is 0. The number of hydrogen-bond acceptors (Lipinski definition) is 7. The van der Waals surface area contributed by atoms with E-state index in [-0.39, 0.29) is 23.3 Å². The van der Waals surface area contributed by atoms with Gasteiger partial charge in [-0.2, -0.15) is 0 Å². The molecule has 2 aliphatic heterocycles. The van der Waals surface area contributed by atoms with E-state index in [0.29, 0.717) is 62.1 Å². The molecule has 2 saturated heterocycles.